The Kier molecular flexibility index (Phi) is 4.20. The van der Waals surface area contributed by atoms with Crippen molar-refractivity contribution in [3.05, 3.63) is 65.0 Å². The number of hydrogen-bond donors (Lipinski definition) is 2. The van der Waals surface area contributed by atoms with Crippen LogP contribution < -0.4 is 10.5 Å². The molecule has 0 aliphatic heterocycles. The molecule has 0 spiro atoms. The van der Waals surface area contributed by atoms with Crippen molar-refractivity contribution in [1.82, 2.24) is 0 Å². The van der Waals surface area contributed by atoms with E-state index in [0.717, 1.165) is 5.56 Å². The molecule has 4 nitrogen and oxygen atoms in total. The maximum Gasteiger partial charge on any atom is 0.170 e. The van der Waals surface area contributed by atoms with E-state index in [2.05, 4.69) is 5.16 Å². The number of oxime groups is 1. The minimum absolute atomic E-state index is 0.0278. The number of halogens is 1. The van der Waals surface area contributed by atoms with E-state index in [9.17, 15) is 4.39 Å². The smallest absolute Gasteiger partial charge is 0.170 e. The molecular weight excluding hydrogens is 259 g/mol. The lowest BCUT2D eigenvalue weighted by atomic mass is 10.1. The number of hydrogen-bond acceptors (Lipinski definition) is 3. The van der Waals surface area contributed by atoms with Crippen molar-refractivity contribution in [2.45, 2.75) is 13.5 Å². The summed E-state index contributed by atoms with van der Waals surface area (Å²) in [6, 6.07) is 11.5. The van der Waals surface area contributed by atoms with Gasteiger partial charge in [0, 0.05) is 11.1 Å². The van der Waals surface area contributed by atoms with Crippen molar-refractivity contribution in [2.75, 3.05) is 0 Å². The molecule has 2 aromatic carbocycles. The lowest BCUT2D eigenvalue weighted by Crippen LogP contribution is -2.16. The van der Waals surface area contributed by atoms with Crippen LogP contribution in [0.15, 0.2) is 47.6 Å². The van der Waals surface area contributed by atoms with E-state index in [-0.39, 0.29) is 18.3 Å². The number of aryl methyl sites for hydroxylation is 1. The molecule has 0 saturated carbocycles. The maximum absolute atomic E-state index is 13.0. The second-order valence-corrected chi connectivity index (χ2v) is 4.34. The lowest BCUT2D eigenvalue weighted by Gasteiger charge is -2.12. The third kappa shape index (κ3) is 3.06. The van der Waals surface area contributed by atoms with Crippen LogP contribution in [0.1, 0.15) is 16.7 Å². The Morgan fingerprint density at radius 1 is 1.30 bits per heavy atom. The number of benzene rings is 2. The predicted molar refractivity (Wildman–Crippen MR) is 74.4 cm³/mol. The van der Waals surface area contributed by atoms with Crippen LogP contribution in [0, 0.1) is 12.7 Å². The van der Waals surface area contributed by atoms with Crippen LogP contribution in [0.25, 0.3) is 0 Å². The highest BCUT2D eigenvalue weighted by atomic mass is 19.1. The van der Waals surface area contributed by atoms with E-state index in [0.29, 0.717) is 16.9 Å². The molecule has 104 valence electrons. The van der Waals surface area contributed by atoms with Gasteiger partial charge in [-0.05, 0) is 30.7 Å². The maximum atomic E-state index is 13.0. The summed E-state index contributed by atoms with van der Waals surface area (Å²) in [6.45, 7) is 2.02. The topological polar surface area (TPSA) is 67.8 Å². The fraction of sp³-hybridized carbons (Fsp3) is 0.133. The molecule has 0 saturated heterocycles. The van der Waals surface area contributed by atoms with Crippen LogP contribution in [0.2, 0.25) is 0 Å². The van der Waals surface area contributed by atoms with Crippen LogP contribution in [-0.4, -0.2) is 11.0 Å². The molecule has 0 fully saturated rings. The summed E-state index contributed by atoms with van der Waals surface area (Å²) in [4.78, 5) is 0. The SMILES string of the molecule is Cc1cc(F)ccc1OCc1ccccc1/C(N)=N/O. The molecule has 0 bridgehead atoms. The van der Waals surface area contributed by atoms with Gasteiger partial charge in [0.2, 0.25) is 0 Å². The van der Waals surface area contributed by atoms with Crippen molar-refractivity contribution in [3.8, 4) is 5.75 Å². The first kappa shape index (κ1) is 13.9. The van der Waals surface area contributed by atoms with E-state index in [1.54, 1.807) is 25.1 Å². The van der Waals surface area contributed by atoms with Crippen LogP contribution in [0.3, 0.4) is 0 Å². The van der Waals surface area contributed by atoms with E-state index >= 15 is 0 Å². The first-order valence-corrected chi connectivity index (χ1v) is 6.06. The predicted octanol–water partition coefficient (Wildman–Crippen LogP) is 2.81. The number of amidine groups is 1. The fourth-order valence-electron chi connectivity index (χ4n) is 1.88. The molecule has 3 N–H and O–H groups in total. The molecule has 2 aromatic rings. The Bertz CT molecular complexity index is 642. The van der Waals surface area contributed by atoms with Gasteiger partial charge < -0.3 is 15.7 Å². The number of nitrogens with zero attached hydrogens (tertiary/aromatic N) is 1. The molecular formula is C15H15FN2O2. The first-order valence-electron chi connectivity index (χ1n) is 6.06. The molecule has 0 aliphatic carbocycles. The average molecular weight is 274 g/mol. The zero-order valence-electron chi connectivity index (χ0n) is 11.0. The van der Waals surface area contributed by atoms with E-state index < -0.39 is 0 Å². The van der Waals surface area contributed by atoms with Crippen LogP contribution in [0.5, 0.6) is 5.75 Å². The second-order valence-electron chi connectivity index (χ2n) is 4.34. The third-order valence-corrected chi connectivity index (χ3v) is 2.92. The van der Waals surface area contributed by atoms with Gasteiger partial charge in [0.25, 0.3) is 0 Å². The quantitative estimate of drug-likeness (QED) is 0.390. The Balaban J connectivity index is 2.19. The van der Waals surface area contributed by atoms with Crippen LogP contribution in [-0.2, 0) is 6.61 Å². The number of rotatable bonds is 4. The van der Waals surface area contributed by atoms with Crippen molar-refractivity contribution >= 4 is 5.84 Å². The van der Waals surface area contributed by atoms with Gasteiger partial charge in [-0.25, -0.2) is 4.39 Å². The zero-order chi connectivity index (χ0) is 14.5. The molecule has 0 amide bonds. The Labute approximate surface area is 116 Å². The highest BCUT2D eigenvalue weighted by Gasteiger charge is 2.08. The van der Waals surface area contributed by atoms with E-state index in [1.165, 1.54) is 12.1 Å². The largest absolute Gasteiger partial charge is 0.489 e. The van der Waals surface area contributed by atoms with Gasteiger partial charge in [-0.3, -0.25) is 0 Å². The minimum Gasteiger partial charge on any atom is -0.489 e. The standard InChI is InChI=1S/C15H15FN2O2/c1-10-8-12(16)6-7-14(10)20-9-11-4-2-3-5-13(11)15(17)18-19/h2-8,19H,9H2,1H3,(H2,17,18). The van der Waals surface area contributed by atoms with Gasteiger partial charge in [-0.15, -0.1) is 0 Å². The normalized spacial score (nSPS) is 11.4. The van der Waals surface area contributed by atoms with Gasteiger partial charge >= 0.3 is 0 Å². The Morgan fingerprint density at radius 3 is 2.75 bits per heavy atom. The number of ether oxygens (including phenoxy) is 1. The average Bonchev–Trinajstić information content (AvgIpc) is 2.46. The molecule has 0 atom stereocenters. The van der Waals surface area contributed by atoms with Crippen molar-refractivity contribution in [3.63, 3.8) is 0 Å². The van der Waals surface area contributed by atoms with Gasteiger partial charge in [0.15, 0.2) is 5.84 Å². The van der Waals surface area contributed by atoms with Gasteiger partial charge in [0.05, 0.1) is 0 Å². The molecule has 0 heterocycles. The summed E-state index contributed by atoms with van der Waals surface area (Å²) < 4.78 is 18.7. The van der Waals surface area contributed by atoms with Gasteiger partial charge in [-0.1, -0.05) is 29.4 Å². The first-order chi connectivity index (χ1) is 9.61. The minimum atomic E-state index is -0.299. The van der Waals surface area contributed by atoms with Gasteiger partial charge in [0.1, 0.15) is 18.2 Å². The number of nitrogens with two attached hydrogens (primary N) is 1. The Morgan fingerprint density at radius 2 is 2.05 bits per heavy atom. The highest BCUT2D eigenvalue weighted by molar-refractivity contribution is 5.98. The fourth-order valence-corrected chi connectivity index (χ4v) is 1.88. The van der Waals surface area contributed by atoms with E-state index in [1.807, 2.05) is 12.1 Å². The summed E-state index contributed by atoms with van der Waals surface area (Å²) in [5.41, 5.74) is 7.71. The summed E-state index contributed by atoms with van der Waals surface area (Å²) in [5.74, 6) is 0.327. The summed E-state index contributed by atoms with van der Waals surface area (Å²) in [7, 11) is 0. The van der Waals surface area contributed by atoms with E-state index in [4.69, 9.17) is 15.7 Å². The molecule has 0 aromatic heterocycles. The summed E-state index contributed by atoms with van der Waals surface area (Å²) >= 11 is 0. The molecule has 20 heavy (non-hydrogen) atoms. The van der Waals surface area contributed by atoms with Crippen LogP contribution in [0.4, 0.5) is 4.39 Å². The molecule has 5 heteroatoms. The molecule has 0 aliphatic rings. The molecule has 2 rings (SSSR count). The molecule has 0 unspecified atom stereocenters. The summed E-state index contributed by atoms with van der Waals surface area (Å²) in [5, 5.41) is 11.7. The monoisotopic (exact) mass is 274 g/mol. The van der Waals surface area contributed by atoms with Crippen LogP contribution >= 0.6 is 0 Å². The summed E-state index contributed by atoms with van der Waals surface area (Å²) in [6.07, 6.45) is 0. The van der Waals surface area contributed by atoms with Crippen molar-refractivity contribution in [2.24, 2.45) is 10.9 Å². The molecule has 0 radical (unpaired) electrons. The Hall–Kier alpha value is -2.56. The zero-order valence-corrected chi connectivity index (χ0v) is 11.0. The second kappa shape index (κ2) is 6.06. The van der Waals surface area contributed by atoms with Crippen molar-refractivity contribution in [1.29, 1.82) is 0 Å². The van der Waals surface area contributed by atoms with Crippen molar-refractivity contribution < 1.29 is 14.3 Å². The third-order valence-electron chi connectivity index (χ3n) is 2.92. The lowest BCUT2D eigenvalue weighted by molar-refractivity contribution is 0.302. The highest BCUT2D eigenvalue weighted by Crippen LogP contribution is 2.20. The van der Waals surface area contributed by atoms with Gasteiger partial charge in [-0.2, -0.15) is 0 Å².